The maximum Gasteiger partial charge on any atom is 0.277 e. The van der Waals surface area contributed by atoms with Crippen molar-refractivity contribution in [3.05, 3.63) is 46.4 Å². The van der Waals surface area contributed by atoms with Gasteiger partial charge in [0.1, 0.15) is 11.5 Å². The van der Waals surface area contributed by atoms with Crippen molar-refractivity contribution < 1.29 is 0 Å². The molecule has 0 saturated heterocycles. The summed E-state index contributed by atoms with van der Waals surface area (Å²) in [6.45, 7) is 4.46. The van der Waals surface area contributed by atoms with Crippen molar-refractivity contribution >= 4 is 5.84 Å². The first kappa shape index (κ1) is 13.9. The lowest BCUT2D eigenvalue weighted by Gasteiger charge is -2.11. The van der Waals surface area contributed by atoms with E-state index >= 15 is 0 Å². The average Bonchev–Trinajstić information content (AvgIpc) is 2.41. The molecular weight excluding hydrogens is 254 g/mol. The van der Waals surface area contributed by atoms with Crippen LogP contribution in [0.3, 0.4) is 0 Å². The van der Waals surface area contributed by atoms with Crippen molar-refractivity contribution in [3.8, 4) is 11.4 Å². The van der Waals surface area contributed by atoms with Crippen molar-refractivity contribution in [1.82, 2.24) is 14.8 Å². The molecule has 0 radical (unpaired) electrons. The molecule has 2 heterocycles. The first-order chi connectivity index (χ1) is 9.49. The van der Waals surface area contributed by atoms with Crippen LogP contribution >= 0.6 is 0 Å². The maximum absolute atomic E-state index is 12.2. The van der Waals surface area contributed by atoms with Gasteiger partial charge in [0.05, 0.1) is 11.3 Å². The first-order valence-corrected chi connectivity index (χ1v) is 6.37. The highest BCUT2D eigenvalue weighted by Gasteiger charge is 2.13. The van der Waals surface area contributed by atoms with Crippen molar-refractivity contribution in [1.29, 1.82) is 5.41 Å². The SMILES string of the molecule is CC(C)Cn1nc(-c2ccccn2)cc(C(=N)N)c1=O. The molecule has 0 atom stereocenters. The predicted octanol–water partition coefficient (Wildman–Crippen LogP) is 1.25. The van der Waals surface area contributed by atoms with Gasteiger partial charge in [-0.25, -0.2) is 4.68 Å². The second kappa shape index (κ2) is 5.64. The van der Waals surface area contributed by atoms with E-state index in [9.17, 15) is 4.79 Å². The summed E-state index contributed by atoms with van der Waals surface area (Å²) in [6.07, 6.45) is 1.66. The van der Waals surface area contributed by atoms with Crippen molar-refractivity contribution in [2.75, 3.05) is 0 Å². The van der Waals surface area contributed by atoms with E-state index in [0.717, 1.165) is 0 Å². The molecule has 2 aromatic rings. The minimum atomic E-state index is -0.342. The van der Waals surface area contributed by atoms with Gasteiger partial charge >= 0.3 is 0 Å². The zero-order chi connectivity index (χ0) is 14.7. The second-order valence-corrected chi connectivity index (χ2v) is 4.95. The lowest BCUT2D eigenvalue weighted by molar-refractivity contribution is 0.464. The summed E-state index contributed by atoms with van der Waals surface area (Å²) in [5.41, 5.74) is 6.48. The van der Waals surface area contributed by atoms with Crippen LogP contribution in [-0.2, 0) is 6.54 Å². The van der Waals surface area contributed by atoms with Crippen LogP contribution < -0.4 is 11.3 Å². The summed E-state index contributed by atoms with van der Waals surface area (Å²) >= 11 is 0. The standard InChI is InChI=1S/C14H17N5O/c1-9(2)8-19-14(20)10(13(15)16)7-12(18-19)11-5-3-4-6-17-11/h3-7,9H,8H2,1-2H3,(H3,15,16). The summed E-state index contributed by atoms with van der Waals surface area (Å²) in [6, 6.07) is 6.97. The van der Waals surface area contributed by atoms with Gasteiger partial charge in [-0.3, -0.25) is 15.2 Å². The van der Waals surface area contributed by atoms with Crippen molar-refractivity contribution in [2.45, 2.75) is 20.4 Å². The van der Waals surface area contributed by atoms with Gasteiger partial charge in [-0.15, -0.1) is 0 Å². The number of pyridine rings is 1. The minimum Gasteiger partial charge on any atom is -0.384 e. The largest absolute Gasteiger partial charge is 0.384 e. The van der Waals surface area contributed by atoms with E-state index in [4.69, 9.17) is 11.1 Å². The molecule has 0 amide bonds. The van der Waals surface area contributed by atoms with Crippen molar-refractivity contribution in [2.24, 2.45) is 11.7 Å². The van der Waals surface area contributed by atoms with Crippen LogP contribution in [0.4, 0.5) is 0 Å². The minimum absolute atomic E-state index is 0.154. The van der Waals surface area contributed by atoms with Crippen LogP contribution in [0.25, 0.3) is 11.4 Å². The topological polar surface area (TPSA) is 97.7 Å². The van der Waals surface area contributed by atoms with E-state index in [1.165, 1.54) is 10.7 Å². The smallest absolute Gasteiger partial charge is 0.277 e. The molecule has 0 spiro atoms. The number of rotatable bonds is 4. The highest BCUT2D eigenvalue weighted by Crippen LogP contribution is 2.13. The van der Waals surface area contributed by atoms with Gasteiger partial charge in [-0.1, -0.05) is 19.9 Å². The van der Waals surface area contributed by atoms with E-state index in [1.54, 1.807) is 18.3 Å². The Labute approximate surface area is 116 Å². The quantitative estimate of drug-likeness (QED) is 0.645. The Hall–Kier alpha value is -2.50. The Morgan fingerprint density at radius 1 is 1.40 bits per heavy atom. The van der Waals surface area contributed by atoms with Gasteiger partial charge in [0, 0.05) is 12.7 Å². The molecule has 6 heteroatoms. The molecule has 0 aliphatic heterocycles. The number of hydrogen-bond donors (Lipinski definition) is 2. The molecule has 104 valence electrons. The van der Waals surface area contributed by atoms with Gasteiger partial charge in [0.25, 0.3) is 5.56 Å². The van der Waals surface area contributed by atoms with Crippen molar-refractivity contribution in [3.63, 3.8) is 0 Å². The van der Waals surface area contributed by atoms with Crippen LogP contribution in [-0.4, -0.2) is 20.6 Å². The summed E-state index contributed by atoms with van der Waals surface area (Å²) in [5.74, 6) is 0.00563. The monoisotopic (exact) mass is 271 g/mol. The maximum atomic E-state index is 12.2. The van der Waals surface area contributed by atoms with Gasteiger partial charge in [0.2, 0.25) is 0 Å². The van der Waals surface area contributed by atoms with E-state index in [-0.39, 0.29) is 22.9 Å². The van der Waals surface area contributed by atoms with Crippen LogP contribution in [0.15, 0.2) is 35.3 Å². The number of nitrogens with two attached hydrogens (primary N) is 1. The summed E-state index contributed by atoms with van der Waals surface area (Å²) in [5, 5.41) is 11.8. The third-order valence-corrected chi connectivity index (χ3v) is 2.73. The van der Waals surface area contributed by atoms with Crippen LogP contribution in [0.1, 0.15) is 19.4 Å². The molecule has 0 aliphatic carbocycles. The predicted molar refractivity (Wildman–Crippen MR) is 77.6 cm³/mol. The fourth-order valence-corrected chi connectivity index (χ4v) is 1.84. The molecular formula is C14H17N5O. The van der Waals surface area contributed by atoms with E-state index in [2.05, 4.69) is 10.1 Å². The number of nitrogens with zero attached hydrogens (tertiary/aromatic N) is 3. The molecule has 0 aromatic carbocycles. The molecule has 2 aromatic heterocycles. The fraction of sp³-hybridized carbons (Fsp3) is 0.286. The second-order valence-electron chi connectivity index (χ2n) is 4.95. The highest BCUT2D eigenvalue weighted by atomic mass is 16.1. The Balaban J connectivity index is 2.62. The lowest BCUT2D eigenvalue weighted by Crippen LogP contribution is -2.32. The molecule has 2 rings (SSSR count). The molecule has 0 fully saturated rings. The Kier molecular flexibility index (Phi) is 3.93. The fourth-order valence-electron chi connectivity index (χ4n) is 1.84. The highest BCUT2D eigenvalue weighted by molar-refractivity contribution is 5.95. The Morgan fingerprint density at radius 3 is 2.70 bits per heavy atom. The van der Waals surface area contributed by atoms with Gasteiger partial charge < -0.3 is 5.73 Å². The zero-order valence-electron chi connectivity index (χ0n) is 11.5. The van der Waals surface area contributed by atoms with Gasteiger partial charge in [-0.2, -0.15) is 5.10 Å². The molecule has 0 aliphatic rings. The molecule has 0 bridgehead atoms. The van der Waals surface area contributed by atoms with Gasteiger partial charge in [-0.05, 0) is 24.1 Å². The number of hydrogen-bond acceptors (Lipinski definition) is 4. The summed E-state index contributed by atoms with van der Waals surface area (Å²) in [7, 11) is 0. The molecule has 3 N–H and O–H groups in total. The van der Waals surface area contributed by atoms with Crippen LogP contribution in [0.2, 0.25) is 0 Å². The molecule has 20 heavy (non-hydrogen) atoms. The zero-order valence-corrected chi connectivity index (χ0v) is 11.5. The summed E-state index contributed by atoms with van der Waals surface area (Å²) < 4.78 is 1.35. The lowest BCUT2D eigenvalue weighted by atomic mass is 10.2. The third-order valence-electron chi connectivity index (χ3n) is 2.73. The molecule has 6 nitrogen and oxygen atoms in total. The Morgan fingerprint density at radius 2 is 2.15 bits per heavy atom. The third kappa shape index (κ3) is 2.90. The van der Waals surface area contributed by atoms with E-state index in [1.807, 2.05) is 19.9 Å². The number of nitrogens with one attached hydrogen (secondary N) is 1. The number of nitrogen functional groups attached to an aromatic ring is 1. The summed E-state index contributed by atoms with van der Waals surface area (Å²) in [4.78, 5) is 16.4. The molecule has 0 unspecified atom stereocenters. The average molecular weight is 271 g/mol. The van der Waals surface area contributed by atoms with Crippen LogP contribution in [0.5, 0.6) is 0 Å². The number of aromatic nitrogens is 3. The number of amidine groups is 1. The van der Waals surface area contributed by atoms with Gasteiger partial charge in [0.15, 0.2) is 0 Å². The normalized spacial score (nSPS) is 10.8. The first-order valence-electron chi connectivity index (χ1n) is 6.37. The Bertz CT molecular complexity index is 676. The van der Waals surface area contributed by atoms with E-state index < -0.39 is 0 Å². The van der Waals surface area contributed by atoms with Crippen LogP contribution in [0, 0.1) is 11.3 Å². The van der Waals surface area contributed by atoms with E-state index in [0.29, 0.717) is 17.9 Å². The molecule has 0 saturated carbocycles.